The summed E-state index contributed by atoms with van der Waals surface area (Å²) in [6, 6.07) is 9.91. The molecule has 0 aliphatic rings. The Hall–Kier alpha value is -3.15. The molecule has 2 N–H and O–H groups in total. The molecule has 0 atom stereocenters. The van der Waals surface area contributed by atoms with E-state index < -0.39 is 17.2 Å². The zero-order valence-electron chi connectivity index (χ0n) is 13.2. The maximum absolute atomic E-state index is 12.6. The molecule has 0 saturated heterocycles. The molecule has 3 rings (SSSR count). The lowest BCUT2D eigenvalue weighted by Crippen LogP contribution is -2.39. The molecule has 0 radical (unpaired) electrons. The maximum Gasteiger partial charge on any atom is 0.328 e. The number of carbonyl (C=O) groups is 1. The lowest BCUT2D eigenvalue weighted by atomic mass is 10.2. The van der Waals surface area contributed by atoms with Gasteiger partial charge in [-0.3, -0.25) is 14.2 Å². The Bertz CT molecular complexity index is 1130. The average molecular weight is 387 g/mol. The summed E-state index contributed by atoms with van der Waals surface area (Å²) >= 11 is 7.28. The third-order valence-electron chi connectivity index (χ3n) is 3.55. The number of nitriles is 1. The van der Waals surface area contributed by atoms with E-state index in [1.165, 1.54) is 29.5 Å². The molecular weight excluding hydrogens is 376 g/mol. The van der Waals surface area contributed by atoms with Gasteiger partial charge in [-0.15, -0.1) is 11.3 Å². The number of halogens is 1. The Morgan fingerprint density at radius 2 is 2.15 bits per heavy atom. The highest BCUT2D eigenvalue weighted by atomic mass is 35.5. The maximum atomic E-state index is 12.6. The number of H-pyrrole nitrogens is 1. The summed E-state index contributed by atoms with van der Waals surface area (Å²) in [5.74, 6) is -0.745. The quantitative estimate of drug-likeness (QED) is 0.717. The van der Waals surface area contributed by atoms with Gasteiger partial charge in [0.1, 0.15) is 11.6 Å². The van der Waals surface area contributed by atoms with Crippen molar-refractivity contribution < 1.29 is 4.79 Å². The first-order chi connectivity index (χ1) is 12.5. The molecule has 0 spiro atoms. The topological polar surface area (TPSA) is 108 Å². The van der Waals surface area contributed by atoms with Crippen LogP contribution in [-0.4, -0.2) is 15.5 Å². The smallest absolute Gasteiger partial charge is 0.320 e. The van der Waals surface area contributed by atoms with Crippen LogP contribution in [0.5, 0.6) is 0 Å². The Kier molecular flexibility index (Phi) is 5.02. The largest absolute Gasteiger partial charge is 0.328 e. The molecule has 130 valence electrons. The second-order valence-corrected chi connectivity index (χ2v) is 6.70. The molecule has 0 bridgehead atoms. The number of carbonyl (C=O) groups excluding carboxylic acids is 1. The summed E-state index contributed by atoms with van der Waals surface area (Å²) in [5, 5.41) is 13.8. The number of aromatic nitrogens is 2. The van der Waals surface area contributed by atoms with Crippen LogP contribution in [0.4, 0.5) is 5.69 Å². The molecule has 3 aromatic rings. The van der Waals surface area contributed by atoms with E-state index in [1.54, 1.807) is 12.1 Å². The van der Waals surface area contributed by atoms with Gasteiger partial charge in [-0.2, -0.15) is 5.26 Å². The number of hydrogen-bond donors (Lipinski definition) is 2. The number of rotatable bonds is 4. The van der Waals surface area contributed by atoms with E-state index in [0.717, 1.165) is 15.6 Å². The van der Waals surface area contributed by atoms with Crippen molar-refractivity contribution in [2.45, 2.75) is 6.54 Å². The van der Waals surface area contributed by atoms with Gasteiger partial charge in [-0.25, -0.2) is 4.79 Å². The van der Waals surface area contributed by atoms with E-state index >= 15 is 0 Å². The molecular formula is C17H11ClN4O3S. The Morgan fingerprint density at radius 3 is 2.85 bits per heavy atom. The fraction of sp³-hybridized carbons (Fsp3) is 0.0588. The van der Waals surface area contributed by atoms with Gasteiger partial charge in [0, 0.05) is 16.1 Å². The minimum Gasteiger partial charge on any atom is -0.320 e. The molecule has 7 nitrogen and oxygen atoms in total. The fourth-order valence-corrected chi connectivity index (χ4v) is 3.15. The number of aromatic amines is 1. The summed E-state index contributed by atoms with van der Waals surface area (Å²) in [5.41, 5.74) is -1.20. The molecule has 0 aliphatic heterocycles. The summed E-state index contributed by atoms with van der Waals surface area (Å²) in [7, 11) is 0. The predicted molar refractivity (Wildman–Crippen MR) is 98.9 cm³/mol. The lowest BCUT2D eigenvalue weighted by Gasteiger charge is -2.09. The summed E-state index contributed by atoms with van der Waals surface area (Å²) in [4.78, 5) is 40.2. The van der Waals surface area contributed by atoms with Gasteiger partial charge in [-0.1, -0.05) is 17.7 Å². The minimum atomic E-state index is -0.745. The van der Waals surface area contributed by atoms with Crippen LogP contribution in [0.15, 0.2) is 51.5 Å². The number of thiophene rings is 1. The van der Waals surface area contributed by atoms with Crippen LogP contribution in [0.3, 0.4) is 0 Å². The van der Waals surface area contributed by atoms with Gasteiger partial charge in [0.15, 0.2) is 0 Å². The van der Waals surface area contributed by atoms with Crippen LogP contribution in [0, 0.1) is 11.3 Å². The molecule has 26 heavy (non-hydrogen) atoms. The molecule has 0 saturated carbocycles. The minimum absolute atomic E-state index is 0.0631. The average Bonchev–Trinajstić information content (AvgIpc) is 3.12. The van der Waals surface area contributed by atoms with Crippen molar-refractivity contribution in [2.24, 2.45) is 0 Å². The van der Waals surface area contributed by atoms with E-state index in [2.05, 4.69) is 10.3 Å². The van der Waals surface area contributed by atoms with Gasteiger partial charge in [0.25, 0.3) is 11.5 Å². The highest BCUT2D eigenvalue weighted by Crippen LogP contribution is 2.20. The number of benzene rings is 1. The zero-order valence-corrected chi connectivity index (χ0v) is 14.7. The van der Waals surface area contributed by atoms with Crippen molar-refractivity contribution in [3.05, 3.63) is 83.8 Å². The number of amides is 1. The number of nitrogens with one attached hydrogen (secondary N) is 2. The number of anilines is 1. The van der Waals surface area contributed by atoms with E-state index in [-0.39, 0.29) is 23.4 Å². The Labute approximate surface area is 156 Å². The normalized spacial score (nSPS) is 10.3. The lowest BCUT2D eigenvalue weighted by molar-refractivity contribution is 0.102. The van der Waals surface area contributed by atoms with Crippen LogP contribution in [0.2, 0.25) is 5.02 Å². The van der Waals surface area contributed by atoms with Crippen LogP contribution in [0.1, 0.15) is 20.8 Å². The molecule has 2 aromatic heterocycles. The number of nitrogens with zero attached hydrogens (tertiary/aromatic N) is 2. The van der Waals surface area contributed by atoms with Crippen molar-refractivity contribution in [3.8, 4) is 6.07 Å². The van der Waals surface area contributed by atoms with Crippen LogP contribution >= 0.6 is 22.9 Å². The first-order valence-corrected chi connectivity index (χ1v) is 8.61. The van der Waals surface area contributed by atoms with Crippen LogP contribution in [-0.2, 0) is 6.54 Å². The van der Waals surface area contributed by atoms with E-state index in [9.17, 15) is 14.4 Å². The second-order valence-electron chi connectivity index (χ2n) is 5.23. The SMILES string of the molecule is N#Cc1ccc(Cl)cc1NC(=O)c1c[nH]c(=O)n(Cc2cccs2)c1=O. The van der Waals surface area contributed by atoms with Crippen LogP contribution < -0.4 is 16.6 Å². The van der Waals surface area contributed by atoms with E-state index in [0.29, 0.717) is 5.02 Å². The molecule has 0 fully saturated rings. The number of hydrogen-bond acceptors (Lipinski definition) is 5. The highest BCUT2D eigenvalue weighted by molar-refractivity contribution is 7.09. The molecule has 1 aromatic carbocycles. The first-order valence-electron chi connectivity index (χ1n) is 7.35. The molecule has 0 aliphatic carbocycles. The monoisotopic (exact) mass is 386 g/mol. The third-order valence-corrected chi connectivity index (χ3v) is 4.65. The zero-order chi connectivity index (χ0) is 18.7. The predicted octanol–water partition coefficient (Wildman–Crippen LogP) is 2.42. The Balaban J connectivity index is 1.96. The van der Waals surface area contributed by atoms with Gasteiger partial charge in [0.05, 0.1) is 17.8 Å². The van der Waals surface area contributed by atoms with Gasteiger partial charge in [0.2, 0.25) is 0 Å². The van der Waals surface area contributed by atoms with Crippen LogP contribution in [0.25, 0.3) is 0 Å². The summed E-state index contributed by atoms with van der Waals surface area (Å²) in [6.07, 6.45) is 1.06. The Morgan fingerprint density at radius 1 is 1.35 bits per heavy atom. The van der Waals surface area contributed by atoms with Gasteiger partial charge < -0.3 is 10.3 Å². The summed E-state index contributed by atoms with van der Waals surface area (Å²) in [6.45, 7) is 0.0631. The highest BCUT2D eigenvalue weighted by Gasteiger charge is 2.17. The molecule has 0 unspecified atom stereocenters. The molecule has 2 heterocycles. The van der Waals surface area contributed by atoms with Crippen molar-refractivity contribution in [3.63, 3.8) is 0 Å². The standard InChI is InChI=1S/C17H11ClN4O3S/c18-11-4-3-10(7-19)14(6-11)21-15(23)13-8-20-17(25)22(16(13)24)9-12-2-1-5-26-12/h1-6,8H,9H2,(H,20,25)(H,21,23). The van der Waals surface area contributed by atoms with Crippen molar-refractivity contribution in [1.29, 1.82) is 5.26 Å². The first kappa shape index (κ1) is 17.7. The van der Waals surface area contributed by atoms with Crippen molar-refractivity contribution >= 4 is 34.5 Å². The molecule has 9 heteroatoms. The molecule has 1 amide bonds. The van der Waals surface area contributed by atoms with Gasteiger partial charge >= 0.3 is 5.69 Å². The van der Waals surface area contributed by atoms with E-state index in [1.807, 2.05) is 11.4 Å². The third kappa shape index (κ3) is 3.59. The second kappa shape index (κ2) is 7.39. The van der Waals surface area contributed by atoms with E-state index in [4.69, 9.17) is 16.9 Å². The summed E-state index contributed by atoms with van der Waals surface area (Å²) < 4.78 is 0.948. The van der Waals surface area contributed by atoms with Gasteiger partial charge in [-0.05, 0) is 29.6 Å². The van der Waals surface area contributed by atoms with Crippen molar-refractivity contribution in [2.75, 3.05) is 5.32 Å². The fourth-order valence-electron chi connectivity index (χ4n) is 2.28. The van der Waals surface area contributed by atoms with Crippen molar-refractivity contribution in [1.82, 2.24) is 9.55 Å².